The van der Waals surface area contributed by atoms with Gasteiger partial charge in [-0.05, 0) is 19.1 Å². The van der Waals surface area contributed by atoms with E-state index in [1.54, 1.807) is 24.3 Å². The van der Waals surface area contributed by atoms with E-state index in [1.807, 2.05) is 13.0 Å². The fourth-order valence-corrected chi connectivity index (χ4v) is 1.02. The quantitative estimate of drug-likeness (QED) is 0.524. The van der Waals surface area contributed by atoms with E-state index in [9.17, 15) is 4.39 Å². The zero-order valence-electron chi connectivity index (χ0n) is 8.16. The lowest BCUT2D eigenvalue weighted by Gasteiger charge is -2.05. The van der Waals surface area contributed by atoms with Crippen molar-refractivity contribution in [2.75, 3.05) is 0 Å². The van der Waals surface area contributed by atoms with Gasteiger partial charge in [-0.3, -0.25) is 0 Å². The molecule has 0 aliphatic carbocycles. The normalized spacial score (nSPS) is 10.4. The number of rotatable bonds is 4. The summed E-state index contributed by atoms with van der Waals surface area (Å²) in [5, 5.41) is 0. The van der Waals surface area contributed by atoms with Crippen molar-refractivity contribution in [2.24, 2.45) is 0 Å². The van der Waals surface area contributed by atoms with E-state index in [1.165, 1.54) is 6.07 Å². The number of hydrogen-bond acceptors (Lipinski definition) is 1. The predicted molar refractivity (Wildman–Crippen MR) is 55.1 cm³/mol. The molecule has 0 saturated heterocycles. The molecule has 0 spiro atoms. The van der Waals surface area contributed by atoms with E-state index >= 15 is 0 Å². The van der Waals surface area contributed by atoms with E-state index in [0.717, 1.165) is 0 Å². The van der Waals surface area contributed by atoms with Gasteiger partial charge in [0, 0.05) is 5.56 Å². The van der Waals surface area contributed by atoms with E-state index in [4.69, 9.17) is 4.74 Å². The monoisotopic (exact) mass is 192 g/mol. The highest BCUT2D eigenvalue weighted by molar-refractivity contribution is 5.17. The highest BCUT2D eigenvalue weighted by Gasteiger charge is 2.00. The van der Waals surface area contributed by atoms with Crippen LogP contribution in [0.3, 0.4) is 0 Å². The predicted octanol–water partition coefficient (Wildman–Crippen LogP) is 3.43. The van der Waals surface area contributed by atoms with Crippen molar-refractivity contribution < 1.29 is 9.13 Å². The minimum atomic E-state index is -0.249. The van der Waals surface area contributed by atoms with Crippen LogP contribution >= 0.6 is 0 Å². The average Bonchev–Trinajstić information content (AvgIpc) is 2.17. The summed E-state index contributed by atoms with van der Waals surface area (Å²) in [6.07, 6.45) is 3.56. The lowest BCUT2D eigenvalue weighted by Crippen LogP contribution is -1.93. The van der Waals surface area contributed by atoms with Crippen LogP contribution < -0.4 is 0 Å². The SMILES string of the molecule is C=C(/C=C\C)OCc1ccccc1F. The first-order valence-electron chi connectivity index (χ1n) is 4.42. The molecule has 74 valence electrons. The van der Waals surface area contributed by atoms with Gasteiger partial charge in [0.05, 0.1) is 0 Å². The van der Waals surface area contributed by atoms with E-state index in [2.05, 4.69) is 6.58 Å². The summed E-state index contributed by atoms with van der Waals surface area (Å²) >= 11 is 0. The van der Waals surface area contributed by atoms with Gasteiger partial charge in [-0.2, -0.15) is 0 Å². The Balaban J connectivity index is 2.54. The smallest absolute Gasteiger partial charge is 0.129 e. The molecule has 0 saturated carbocycles. The van der Waals surface area contributed by atoms with Gasteiger partial charge < -0.3 is 4.74 Å². The van der Waals surface area contributed by atoms with Gasteiger partial charge in [-0.15, -0.1) is 0 Å². The third-order valence-corrected chi connectivity index (χ3v) is 1.72. The number of ether oxygens (including phenoxy) is 1. The molecule has 1 aromatic carbocycles. The van der Waals surface area contributed by atoms with Crippen molar-refractivity contribution in [3.05, 3.63) is 60.1 Å². The van der Waals surface area contributed by atoms with Crippen molar-refractivity contribution in [1.82, 2.24) is 0 Å². The summed E-state index contributed by atoms with van der Waals surface area (Å²) in [6.45, 7) is 5.75. The van der Waals surface area contributed by atoms with E-state index in [-0.39, 0.29) is 12.4 Å². The Labute approximate surface area is 83.5 Å². The summed E-state index contributed by atoms with van der Waals surface area (Å²) in [5.74, 6) is 0.288. The maximum absolute atomic E-state index is 13.1. The summed E-state index contributed by atoms with van der Waals surface area (Å²) in [4.78, 5) is 0. The second-order valence-electron chi connectivity index (χ2n) is 2.85. The number of allylic oxidation sites excluding steroid dienone is 2. The Bertz CT molecular complexity index is 342. The van der Waals surface area contributed by atoms with Gasteiger partial charge in [0.1, 0.15) is 18.2 Å². The maximum Gasteiger partial charge on any atom is 0.129 e. The van der Waals surface area contributed by atoms with Crippen LogP contribution in [-0.2, 0) is 11.3 Å². The molecule has 0 heterocycles. The van der Waals surface area contributed by atoms with Crippen LogP contribution in [-0.4, -0.2) is 0 Å². The standard InChI is InChI=1S/C12H13FO/c1-3-6-10(2)14-9-11-7-4-5-8-12(11)13/h3-8H,2,9H2,1H3/b6-3-. The molecule has 1 rings (SSSR count). The Morgan fingerprint density at radius 1 is 1.50 bits per heavy atom. The minimum Gasteiger partial charge on any atom is -0.489 e. The third-order valence-electron chi connectivity index (χ3n) is 1.72. The molecule has 14 heavy (non-hydrogen) atoms. The molecular formula is C12H13FO. The van der Waals surface area contributed by atoms with Crippen molar-refractivity contribution in [3.63, 3.8) is 0 Å². The highest BCUT2D eigenvalue weighted by atomic mass is 19.1. The average molecular weight is 192 g/mol. The molecule has 0 aliphatic rings. The highest BCUT2D eigenvalue weighted by Crippen LogP contribution is 2.09. The van der Waals surface area contributed by atoms with Crippen LogP contribution in [0.2, 0.25) is 0 Å². The van der Waals surface area contributed by atoms with Crippen LogP contribution in [0.15, 0.2) is 48.8 Å². The molecule has 1 aromatic rings. The molecule has 0 aliphatic heterocycles. The first-order chi connectivity index (χ1) is 6.74. The summed E-state index contributed by atoms with van der Waals surface area (Å²) in [7, 11) is 0. The Morgan fingerprint density at radius 2 is 2.21 bits per heavy atom. The third kappa shape index (κ3) is 3.05. The van der Waals surface area contributed by atoms with Gasteiger partial charge in [0.25, 0.3) is 0 Å². The molecule has 0 fully saturated rings. The maximum atomic E-state index is 13.1. The Morgan fingerprint density at radius 3 is 2.86 bits per heavy atom. The molecule has 0 N–H and O–H groups in total. The van der Waals surface area contributed by atoms with Crippen molar-refractivity contribution in [3.8, 4) is 0 Å². The van der Waals surface area contributed by atoms with Crippen LogP contribution in [0.5, 0.6) is 0 Å². The summed E-state index contributed by atoms with van der Waals surface area (Å²) in [5.41, 5.74) is 0.540. The van der Waals surface area contributed by atoms with Crippen LogP contribution in [0.4, 0.5) is 4.39 Å². The first kappa shape index (κ1) is 10.5. The first-order valence-corrected chi connectivity index (χ1v) is 4.42. The van der Waals surface area contributed by atoms with Gasteiger partial charge in [-0.1, -0.05) is 30.9 Å². The molecule has 0 aromatic heterocycles. The minimum absolute atomic E-state index is 0.218. The largest absolute Gasteiger partial charge is 0.489 e. The zero-order chi connectivity index (χ0) is 10.4. The second kappa shape index (κ2) is 5.22. The summed E-state index contributed by atoms with van der Waals surface area (Å²) < 4.78 is 18.3. The number of halogens is 1. The molecule has 2 heteroatoms. The molecular weight excluding hydrogens is 179 g/mol. The zero-order valence-corrected chi connectivity index (χ0v) is 8.16. The Hall–Kier alpha value is -1.57. The fraction of sp³-hybridized carbons (Fsp3) is 0.167. The van der Waals surface area contributed by atoms with Crippen molar-refractivity contribution in [1.29, 1.82) is 0 Å². The van der Waals surface area contributed by atoms with E-state index in [0.29, 0.717) is 11.3 Å². The fourth-order valence-electron chi connectivity index (χ4n) is 1.02. The molecule has 0 radical (unpaired) electrons. The number of hydrogen-bond donors (Lipinski definition) is 0. The molecule has 0 bridgehead atoms. The molecule has 1 nitrogen and oxygen atoms in total. The topological polar surface area (TPSA) is 9.23 Å². The van der Waals surface area contributed by atoms with Crippen molar-refractivity contribution in [2.45, 2.75) is 13.5 Å². The molecule has 0 unspecified atom stereocenters. The van der Waals surface area contributed by atoms with E-state index < -0.39 is 0 Å². The van der Waals surface area contributed by atoms with Gasteiger partial charge >= 0.3 is 0 Å². The summed E-state index contributed by atoms with van der Waals surface area (Å²) in [6, 6.07) is 6.54. The lowest BCUT2D eigenvalue weighted by atomic mass is 10.2. The van der Waals surface area contributed by atoms with Gasteiger partial charge in [0.2, 0.25) is 0 Å². The van der Waals surface area contributed by atoms with Gasteiger partial charge in [-0.25, -0.2) is 4.39 Å². The van der Waals surface area contributed by atoms with Crippen molar-refractivity contribution >= 4 is 0 Å². The van der Waals surface area contributed by atoms with Crippen LogP contribution in [0.1, 0.15) is 12.5 Å². The lowest BCUT2D eigenvalue weighted by molar-refractivity contribution is 0.208. The number of benzene rings is 1. The molecule has 0 atom stereocenters. The second-order valence-corrected chi connectivity index (χ2v) is 2.85. The Kier molecular flexibility index (Phi) is 3.92. The van der Waals surface area contributed by atoms with Gasteiger partial charge in [0.15, 0.2) is 0 Å². The van der Waals surface area contributed by atoms with Crippen LogP contribution in [0, 0.1) is 5.82 Å². The molecule has 0 amide bonds. The van der Waals surface area contributed by atoms with Crippen LogP contribution in [0.25, 0.3) is 0 Å².